The highest BCUT2D eigenvalue weighted by molar-refractivity contribution is 14.0. The maximum atomic E-state index is 13.6. The fraction of sp³-hybridized carbons (Fsp3) is 0.588. The monoisotopic (exact) mass is 436 g/mol. The summed E-state index contributed by atoms with van der Waals surface area (Å²) in [4.78, 5) is 6.77. The van der Waals surface area contributed by atoms with Crippen molar-refractivity contribution in [2.45, 2.75) is 32.7 Å². The van der Waals surface area contributed by atoms with Gasteiger partial charge in [-0.2, -0.15) is 0 Å². The van der Waals surface area contributed by atoms with Gasteiger partial charge in [0.15, 0.2) is 5.96 Å². The van der Waals surface area contributed by atoms with Crippen LogP contribution in [0, 0.1) is 5.82 Å². The Labute approximate surface area is 157 Å². The molecule has 0 fully saturated rings. The largest absolute Gasteiger partial charge is 0.357 e. The van der Waals surface area contributed by atoms with Crippen molar-refractivity contribution in [3.63, 3.8) is 0 Å². The van der Waals surface area contributed by atoms with E-state index in [2.05, 4.69) is 34.4 Å². The normalized spacial score (nSPS) is 12.0. The third kappa shape index (κ3) is 7.97. The van der Waals surface area contributed by atoms with Crippen LogP contribution in [0.5, 0.6) is 0 Å². The van der Waals surface area contributed by atoms with Gasteiger partial charge in [0.1, 0.15) is 5.82 Å². The highest BCUT2D eigenvalue weighted by Gasteiger charge is 2.19. The Morgan fingerprint density at radius 3 is 2.43 bits per heavy atom. The lowest BCUT2D eigenvalue weighted by molar-refractivity contribution is 0.204. The number of hydrogen-bond acceptors (Lipinski definition) is 2. The second-order valence-corrected chi connectivity index (χ2v) is 6.17. The van der Waals surface area contributed by atoms with Crippen molar-refractivity contribution in [1.82, 2.24) is 15.5 Å². The molecule has 132 valence electrons. The van der Waals surface area contributed by atoms with E-state index in [1.165, 1.54) is 6.07 Å². The Kier molecular flexibility index (Phi) is 10.4. The molecule has 0 radical (unpaired) electrons. The Morgan fingerprint density at radius 2 is 1.87 bits per heavy atom. The van der Waals surface area contributed by atoms with Crippen molar-refractivity contribution in [1.29, 1.82) is 0 Å². The number of benzene rings is 1. The van der Waals surface area contributed by atoms with Crippen LogP contribution in [0.4, 0.5) is 4.39 Å². The average Bonchev–Trinajstić information content (AvgIpc) is 2.46. The summed E-state index contributed by atoms with van der Waals surface area (Å²) in [7, 11) is 4.10. The van der Waals surface area contributed by atoms with E-state index in [-0.39, 0.29) is 35.3 Å². The maximum Gasteiger partial charge on any atom is 0.191 e. The molecule has 0 aromatic heterocycles. The van der Waals surface area contributed by atoms with Crippen molar-refractivity contribution >= 4 is 29.9 Å². The van der Waals surface area contributed by atoms with Gasteiger partial charge < -0.3 is 15.5 Å². The first-order valence-electron chi connectivity index (χ1n) is 7.80. The predicted molar refractivity (Wildman–Crippen MR) is 107 cm³/mol. The molecule has 1 aromatic rings. The Bertz CT molecular complexity index is 489. The summed E-state index contributed by atoms with van der Waals surface area (Å²) in [5.41, 5.74) is 0.716. The second-order valence-electron chi connectivity index (χ2n) is 6.17. The van der Waals surface area contributed by atoms with Gasteiger partial charge in [-0.15, -0.1) is 24.0 Å². The maximum absolute atomic E-state index is 13.6. The molecule has 2 N–H and O–H groups in total. The van der Waals surface area contributed by atoms with Crippen LogP contribution in [0.2, 0.25) is 0 Å². The molecule has 1 aromatic carbocycles. The number of rotatable bonds is 7. The second kappa shape index (κ2) is 10.8. The molecule has 0 saturated carbocycles. The van der Waals surface area contributed by atoms with Gasteiger partial charge in [0.2, 0.25) is 0 Å². The van der Waals surface area contributed by atoms with Crippen LogP contribution in [-0.4, -0.2) is 50.1 Å². The third-order valence-corrected chi connectivity index (χ3v) is 3.82. The molecule has 0 aliphatic rings. The third-order valence-electron chi connectivity index (χ3n) is 3.82. The minimum atomic E-state index is -0.153. The van der Waals surface area contributed by atoms with Gasteiger partial charge >= 0.3 is 0 Å². The van der Waals surface area contributed by atoms with Crippen LogP contribution >= 0.6 is 24.0 Å². The van der Waals surface area contributed by atoms with Crippen LogP contribution in [0.1, 0.15) is 26.3 Å². The number of likely N-dealkylation sites (N-methyl/N-ethyl adjacent to an activating group) is 1. The summed E-state index contributed by atoms with van der Waals surface area (Å²) in [5.74, 6) is 0.619. The quantitative estimate of drug-likeness (QED) is 0.393. The van der Waals surface area contributed by atoms with Gasteiger partial charge in [-0.25, -0.2) is 4.39 Å². The van der Waals surface area contributed by atoms with Gasteiger partial charge in [-0.1, -0.05) is 18.2 Å². The van der Waals surface area contributed by atoms with Gasteiger partial charge in [0, 0.05) is 18.6 Å². The summed E-state index contributed by atoms with van der Waals surface area (Å²) >= 11 is 0. The number of guanidine groups is 1. The minimum Gasteiger partial charge on any atom is -0.357 e. The van der Waals surface area contributed by atoms with E-state index in [0.717, 1.165) is 18.1 Å². The molecule has 0 spiro atoms. The SMILES string of the molecule is CCNC(=NCC(C)(C)N(C)C)NCCc1ccccc1F.I. The van der Waals surface area contributed by atoms with Crippen LogP contribution in [-0.2, 0) is 6.42 Å². The van der Waals surface area contributed by atoms with Gasteiger partial charge in [0.05, 0.1) is 6.54 Å². The molecule has 0 unspecified atom stereocenters. The summed E-state index contributed by atoms with van der Waals surface area (Å²) in [6, 6.07) is 6.88. The smallest absolute Gasteiger partial charge is 0.191 e. The van der Waals surface area contributed by atoms with E-state index in [0.29, 0.717) is 19.5 Å². The zero-order chi connectivity index (χ0) is 16.6. The van der Waals surface area contributed by atoms with E-state index < -0.39 is 0 Å². The van der Waals surface area contributed by atoms with Crippen molar-refractivity contribution in [3.8, 4) is 0 Å². The molecule has 0 heterocycles. The van der Waals surface area contributed by atoms with Gasteiger partial charge in [0.25, 0.3) is 0 Å². The summed E-state index contributed by atoms with van der Waals surface area (Å²) in [5, 5.41) is 6.48. The minimum absolute atomic E-state index is 0. The Balaban J connectivity index is 0.00000484. The number of aliphatic imine (C=N–C) groups is 1. The molecule has 0 aliphatic heterocycles. The molecule has 0 bridgehead atoms. The van der Waals surface area contributed by atoms with Crippen LogP contribution < -0.4 is 10.6 Å². The highest BCUT2D eigenvalue weighted by atomic mass is 127. The summed E-state index contributed by atoms with van der Waals surface area (Å²) in [6.45, 7) is 8.47. The number of nitrogens with zero attached hydrogens (tertiary/aromatic N) is 2. The number of hydrogen-bond donors (Lipinski definition) is 2. The molecular formula is C17H30FIN4. The lowest BCUT2D eigenvalue weighted by atomic mass is 10.1. The molecular weight excluding hydrogens is 406 g/mol. The number of nitrogens with one attached hydrogen (secondary N) is 2. The summed E-state index contributed by atoms with van der Waals surface area (Å²) in [6.07, 6.45) is 0.633. The predicted octanol–water partition coefficient (Wildman–Crippen LogP) is 2.88. The number of halogens is 2. The topological polar surface area (TPSA) is 39.7 Å². The lowest BCUT2D eigenvalue weighted by Crippen LogP contribution is -2.44. The van der Waals surface area contributed by atoms with E-state index >= 15 is 0 Å². The first-order valence-corrected chi connectivity index (χ1v) is 7.80. The van der Waals surface area contributed by atoms with Crippen molar-refractivity contribution < 1.29 is 4.39 Å². The van der Waals surface area contributed by atoms with Gasteiger partial charge in [-0.05, 0) is 52.9 Å². The Morgan fingerprint density at radius 1 is 1.22 bits per heavy atom. The molecule has 0 amide bonds. The fourth-order valence-corrected chi connectivity index (χ4v) is 1.77. The molecule has 23 heavy (non-hydrogen) atoms. The molecule has 1 rings (SSSR count). The van der Waals surface area contributed by atoms with E-state index in [4.69, 9.17) is 0 Å². The molecule has 0 aliphatic carbocycles. The fourth-order valence-electron chi connectivity index (χ4n) is 1.77. The molecule has 6 heteroatoms. The first-order chi connectivity index (χ1) is 10.4. The van der Waals surface area contributed by atoms with Crippen molar-refractivity contribution in [2.75, 3.05) is 33.7 Å². The van der Waals surface area contributed by atoms with Crippen LogP contribution in [0.3, 0.4) is 0 Å². The van der Waals surface area contributed by atoms with Crippen LogP contribution in [0.15, 0.2) is 29.3 Å². The van der Waals surface area contributed by atoms with Crippen LogP contribution in [0.25, 0.3) is 0 Å². The lowest BCUT2D eigenvalue weighted by Gasteiger charge is -2.31. The van der Waals surface area contributed by atoms with Crippen molar-refractivity contribution in [3.05, 3.63) is 35.6 Å². The standard InChI is InChI=1S/C17H29FN4.HI/c1-6-19-16(21-13-17(2,3)22(4)5)20-12-11-14-9-7-8-10-15(14)18;/h7-10H,6,11-13H2,1-5H3,(H2,19,20,21);1H. The first kappa shape index (κ1) is 22.1. The van der Waals surface area contributed by atoms with E-state index in [9.17, 15) is 4.39 Å². The molecule has 0 saturated heterocycles. The van der Waals surface area contributed by atoms with E-state index in [1.54, 1.807) is 6.07 Å². The highest BCUT2D eigenvalue weighted by Crippen LogP contribution is 2.10. The average molecular weight is 436 g/mol. The van der Waals surface area contributed by atoms with Gasteiger partial charge in [-0.3, -0.25) is 4.99 Å². The molecule has 4 nitrogen and oxygen atoms in total. The zero-order valence-corrected chi connectivity index (χ0v) is 17.1. The summed E-state index contributed by atoms with van der Waals surface area (Å²) < 4.78 is 13.6. The van der Waals surface area contributed by atoms with E-state index in [1.807, 2.05) is 33.2 Å². The Hall–Kier alpha value is -0.890. The zero-order valence-electron chi connectivity index (χ0n) is 14.8. The molecule has 0 atom stereocenters. The van der Waals surface area contributed by atoms with Crippen molar-refractivity contribution in [2.24, 2.45) is 4.99 Å².